The Morgan fingerprint density at radius 1 is 1.21 bits per heavy atom. The number of nitrogens with one attached hydrogen (secondary N) is 1. The molecule has 0 aromatic heterocycles. The van der Waals surface area contributed by atoms with E-state index < -0.39 is 17.4 Å². The fourth-order valence-corrected chi connectivity index (χ4v) is 3.72. The van der Waals surface area contributed by atoms with Gasteiger partial charge in [-0.3, -0.25) is 14.5 Å². The molecule has 1 aliphatic heterocycles. The topological polar surface area (TPSA) is 90.0 Å². The first-order valence-electron chi connectivity index (χ1n) is 10.5. The Labute approximate surface area is 175 Å². The molecule has 0 spiro atoms. The SMILES string of the molecule is C/C(=C\[C@H](C(C)C)N(C)C(=O)[C@H](NC(=O)C1CCCCN1C)C(C)(C)C)C(=O)O. The Kier molecular flexibility index (Phi) is 8.87. The smallest absolute Gasteiger partial charge is 0.331 e. The van der Waals surface area contributed by atoms with Crippen molar-refractivity contribution in [1.29, 1.82) is 0 Å². The van der Waals surface area contributed by atoms with Crippen molar-refractivity contribution in [3.05, 3.63) is 11.6 Å². The highest BCUT2D eigenvalue weighted by Gasteiger charge is 2.39. The van der Waals surface area contributed by atoms with Gasteiger partial charge in [-0.15, -0.1) is 0 Å². The molecule has 29 heavy (non-hydrogen) atoms. The molecule has 7 heteroatoms. The lowest BCUT2D eigenvalue weighted by Gasteiger charge is -2.39. The zero-order chi connectivity index (χ0) is 22.5. The van der Waals surface area contributed by atoms with Crippen LogP contribution in [-0.2, 0) is 14.4 Å². The molecule has 1 saturated heterocycles. The summed E-state index contributed by atoms with van der Waals surface area (Å²) in [5.41, 5.74) is -0.287. The van der Waals surface area contributed by atoms with Gasteiger partial charge < -0.3 is 15.3 Å². The molecule has 0 saturated carbocycles. The summed E-state index contributed by atoms with van der Waals surface area (Å²) < 4.78 is 0. The van der Waals surface area contributed by atoms with Gasteiger partial charge >= 0.3 is 5.97 Å². The number of rotatable bonds is 7. The van der Waals surface area contributed by atoms with E-state index in [2.05, 4.69) is 5.32 Å². The Morgan fingerprint density at radius 2 is 1.79 bits per heavy atom. The zero-order valence-electron chi connectivity index (χ0n) is 19.3. The molecule has 2 N–H and O–H groups in total. The maximum atomic E-state index is 13.4. The second-order valence-corrected chi connectivity index (χ2v) is 9.64. The molecular weight excluding hydrogens is 370 g/mol. The third-order valence-corrected chi connectivity index (χ3v) is 5.71. The van der Waals surface area contributed by atoms with Crippen LogP contribution in [0.15, 0.2) is 11.6 Å². The van der Waals surface area contributed by atoms with Crippen LogP contribution in [-0.4, -0.2) is 71.5 Å². The second-order valence-electron chi connectivity index (χ2n) is 9.64. The summed E-state index contributed by atoms with van der Waals surface area (Å²) in [4.78, 5) is 41.2. The van der Waals surface area contributed by atoms with Crippen molar-refractivity contribution < 1.29 is 19.5 Å². The fourth-order valence-electron chi connectivity index (χ4n) is 3.72. The molecule has 2 amide bonds. The van der Waals surface area contributed by atoms with Gasteiger partial charge in [0.2, 0.25) is 11.8 Å². The molecule has 0 radical (unpaired) electrons. The van der Waals surface area contributed by atoms with Gasteiger partial charge in [-0.1, -0.05) is 47.1 Å². The number of amides is 2. The number of carbonyl (C=O) groups excluding carboxylic acids is 2. The summed E-state index contributed by atoms with van der Waals surface area (Å²) in [5.74, 6) is -1.30. The molecule has 0 aromatic rings. The monoisotopic (exact) mass is 409 g/mol. The highest BCUT2D eigenvalue weighted by molar-refractivity contribution is 5.91. The van der Waals surface area contributed by atoms with Crippen molar-refractivity contribution >= 4 is 17.8 Å². The maximum Gasteiger partial charge on any atom is 0.331 e. The molecule has 0 aliphatic carbocycles. The normalized spacial score (nSPS) is 20.9. The van der Waals surface area contributed by atoms with Gasteiger partial charge in [0.05, 0.1) is 12.1 Å². The van der Waals surface area contributed by atoms with Crippen LogP contribution in [0.4, 0.5) is 0 Å². The molecule has 166 valence electrons. The van der Waals surface area contributed by atoms with E-state index in [1.165, 1.54) is 6.92 Å². The largest absolute Gasteiger partial charge is 0.478 e. The number of aliphatic carboxylic acids is 1. The lowest BCUT2D eigenvalue weighted by Crippen LogP contribution is -2.59. The number of hydrogen-bond donors (Lipinski definition) is 2. The van der Waals surface area contributed by atoms with Crippen molar-refractivity contribution in [1.82, 2.24) is 15.1 Å². The van der Waals surface area contributed by atoms with Gasteiger partial charge in [0.25, 0.3) is 0 Å². The van der Waals surface area contributed by atoms with E-state index in [9.17, 15) is 19.5 Å². The van der Waals surface area contributed by atoms with Crippen LogP contribution in [0.25, 0.3) is 0 Å². The summed E-state index contributed by atoms with van der Waals surface area (Å²) in [6, 6.07) is -1.30. The molecule has 3 atom stereocenters. The minimum atomic E-state index is -1.00. The number of likely N-dealkylation sites (tertiary alicyclic amines) is 1. The molecule has 1 heterocycles. The van der Waals surface area contributed by atoms with Crippen molar-refractivity contribution in [2.24, 2.45) is 11.3 Å². The predicted octanol–water partition coefficient (Wildman–Crippen LogP) is 2.52. The van der Waals surface area contributed by atoms with Crippen molar-refractivity contribution in [2.75, 3.05) is 20.6 Å². The van der Waals surface area contributed by atoms with Gasteiger partial charge in [-0.2, -0.15) is 0 Å². The fraction of sp³-hybridized carbons (Fsp3) is 0.773. The molecular formula is C22H39N3O4. The highest BCUT2D eigenvalue weighted by Crippen LogP contribution is 2.25. The summed E-state index contributed by atoms with van der Waals surface area (Å²) in [5, 5.41) is 12.2. The highest BCUT2D eigenvalue weighted by atomic mass is 16.4. The lowest BCUT2D eigenvalue weighted by atomic mass is 9.84. The average Bonchev–Trinajstić information content (AvgIpc) is 2.61. The number of piperidine rings is 1. The van der Waals surface area contributed by atoms with E-state index in [1.54, 1.807) is 18.0 Å². The van der Waals surface area contributed by atoms with Crippen LogP contribution in [0.5, 0.6) is 0 Å². The number of carbonyl (C=O) groups is 3. The Morgan fingerprint density at radius 3 is 2.24 bits per heavy atom. The number of hydrogen-bond acceptors (Lipinski definition) is 4. The molecule has 1 aliphatic rings. The van der Waals surface area contributed by atoms with Crippen molar-refractivity contribution in [3.63, 3.8) is 0 Å². The first-order chi connectivity index (χ1) is 13.3. The van der Waals surface area contributed by atoms with E-state index in [1.807, 2.05) is 46.6 Å². The lowest BCUT2D eigenvalue weighted by molar-refractivity contribution is -0.141. The van der Waals surface area contributed by atoms with Gasteiger partial charge in [-0.25, -0.2) is 4.79 Å². The average molecular weight is 410 g/mol. The standard InChI is InChI=1S/C22H39N3O4/c1-14(2)17(13-15(3)21(28)29)25(8)20(27)18(22(4,5)6)23-19(26)16-11-9-10-12-24(16)7/h13-14,16-18H,9-12H2,1-8H3,(H,23,26)(H,28,29)/b15-13+/t16?,17-,18+/m1/s1. The minimum Gasteiger partial charge on any atom is -0.478 e. The molecule has 7 nitrogen and oxygen atoms in total. The van der Waals surface area contributed by atoms with E-state index in [-0.39, 0.29) is 35.4 Å². The quantitative estimate of drug-likeness (QED) is 0.631. The third kappa shape index (κ3) is 6.84. The van der Waals surface area contributed by atoms with Crippen LogP contribution in [0.3, 0.4) is 0 Å². The number of carboxylic acid groups (broad SMARTS) is 1. The number of carboxylic acids is 1. The number of likely N-dealkylation sites (N-methyl/N-ethyl adjacent to an activating group) is 2. The minimum absolute atomic E-state index is 0.0269. The Bertz CT molecular complexity index is 636. The Hall–Kier alpha value is -1.89. The van der Waals surface area contributed by atoms with Gasteiger partial charge in [0.1, 0.15) is 6.04 Å². The van der Waals surface area contributed by atoms with E-state index in [0.717, 1.165) is 25.8 Å². The summed E-state index contributed by atoms with van der Waals surface area (Å²) in [6.07, 6.45) is 4.49. The van der Waals surface area contributed by atoms with Crippen LogP contribution >= 0.6 is 0 Å². The number of nitrogens with zero attached hydrogens (tertiary/aromatic N) is 2. The van der Waals surface area contributed by atoms with E-state index in [0.29, 0.717) is 0 Å². The van der Waals surface area contributed by atoms with Gasteiger partial charge in [0.15, 0.2) is 0 Å². The van der Waals surface area contributed by atoms with Gasteiger partial charge in [-0.05, 0) is 44.7 Å². The predicted molar refractivity (Wildman–Crippen MR) is 114 cm³/mol. The molecule has 1 unspecified atom stereocenters. The maximum absolute atomic E-state index is 13.4. The van der Waals surface area contributed by atoms with E-state index in [4.69, 9.17) is 0 Å². The van der Waals surface area contributed by atoms with Crippen molar-refractivity contribution in [2.45, 2.75) is 78.9 Å². The third-order valence-electron chi connectivity index (χ3n) is 5.71. The van der Waals surface area contributed by atoms with Gasteiger partial charge in [0, 0.05) is 12.6 Å². The summed E-state index contributed by atoms with van der Waals surface area (Å²) >= 11 is 0. The van der Waals surface area contributed by atoms with Crippen LogP contribution < -0.4 is 5.32 Å². The first-order valence-corrected chi connectivity index (χ1v) is 10.5. The van der Waals surface area contributed by atoms with Crippen LogP contribution in [0.2, 0.25) is 0 Å². The summed E-state index contributed by atoms with van der Waals surface area (Å²) in [6.45, 7) is 12.1. The van der Waals surface area contributed by atoms with E-state index >= 15 is 0 Å². The zero-order valence-corrected chi connectivity index (χ0v) is 19.3. The molecule has 0 bridgehead atoms. The van der Waals surface area contributed by atoms with Crippen LogP contribution in [0.1, 0.15) is 60.8 Å². The summed E-state index contributed by atoms with van der Waals surface area (Å²) in [7, 11) is 3.62. The molecule has 1 rings (SSSR count). The second kappa shape index (κ2) is 10.2. The Balaban J connectivity index is 3.10. The van der Waals surface area contributed by atoms with Crippen molar-refractivity contribution in [3.8, 4) is 0 Å². The molecule has 1 fully saturated rings. The first kappa shape index (κ1) is 25.1. The molecule has 0 aromatic carbocycles. The van der Waals surface area contributed by atoms with Crippen LogP contribution in [0, 0.1) is 11.3 Å².